The molecule has 2 atom stereocenters. The molecule has 190 valence electrons. The molecule has 3 aromatic rings. The Bertz CT molecular complexity index is 1250. The van der Waals surface area contributed by atoms with Gasteiger partial charge in [0.15, 0.2) is 16.8 Å². The highest BCUT2D eigenvalue weighted by atomic mass is 35.5. The minimum absolute atomic E-state index is 0.00254. The summed E-state index contributed by atoms with van der Waals surface area (Å²) in [5.74, 6) is 1.63. The van der Waals surface area contributed by atoms with E-state index < -0.39 is 0 Å². The molecule has 1 aromatic carbocycles. The van der Waals surface area contributed by atoms with E-state index in [9.17, 15) is 9.59 Å². The molecule has 0 unspecified atom stereocenters. The van der Waals surface area contributed by atoms with E-state index in [0.717, 1.165) is 24.3 Å². The summed E-state index contributed by atoms with van der Waals surface area (Å²) in [5, 5.41) is 1.31. The van der Waals surface area contributed by atoms with Gasteiger partial charge in [0.2, 0.25) is 0 Å². The van der Waals surface area contributed by atoms with Crippen molar-refractivity contribution in [3.05, 3.63) is 61.9 Å². The second-order valence-corrected chi connectivity index (χ2v) is 10.8. The number of aryl methyl sites for hydroxylation is 1. The molecule has 36 heavy (non-hydrogen) atoms. The highest BCUT2D eigenvalue weighted by molar-refractivity contribution is 7.14. The number of hydrogen-bond donors (Lipinski definition) is 0. The number of ether oxygens (including phenoxy) is 1. The third-order valence-corrected chi connectivity index (χ3v) is 8.18. The van der Waals surface area contributed by atoms with Crippen molar-refractivity contribution in [3.8, 4) is 5.75 Å². The van der Waals surface area contributed by atoms with Crippen molar-refractivity contribution >= 4 is 51.9 Å². The Balaban J connectivity index is 1.33. The summed E-state index contributed by atoms with van der Waals surface area (Å²) in [6, 6.07) is 7.90. The molecule has 7 nitrogen and oxygen atoms in total. The van der Waals surface area contributed by atoms with Crippen LogP contribution < -0.4 is 9.64 Å². The summed E-state index contributed by atoms with van der Waals surface area (Å²) < 4.78 is 6.18. The summed E-state index contributed by atoms with van der Waals surface area (Å²) >= 11 is 13.6. The molecule has 0 N–H and O–H groups in total. The smallest absolute Gasteiger partial charge is 0.175 e. The van der Waals surface area contributed by atoms with Gasteiger partial charge >= 0.3 is 0 Å². The highest BCUT2D eigenvalue weighted by Gasteiger charge is 2.27. The third-order valence-electron chi connectivity index (χ3n) is 6.25. The Morgan fingerprint density at radius 1 is 1.22 bits per heavy atom. The van der Waals surface area contributed by atoms with Crippen LogP contribution in [0, 0.1) is 6.92 Å². The number of carbonyl (C=O) groups excluding carboxylic acids is 2. The molecule has 10 heteroatoms. The number of hydrogen-bond acceptors (Lipinski definition) is 8. The number of halogens is 2. The molecule has 0 aliphatic carbocycles. The van der Waals surface area contributed by atoms with E-state index in [4.69, 9.17) is 27.9 Å². The summed E-state index contributed by atoms with van der Waals surface area (Å²) in [5.41, 5.74) is 1.77. The Kier molecular flexibility index (Phi) is 8.59. The van der Waals surface area contributed by atoms with Gasteiger partial charge in [-0.15, -0.1) is 11.3 Å². The number of Topliss-reactive ketones (excluding diaryl/α,β-unsaturated/α-hetero) is 2. The predicted octanol–water partition coefficient (Wildman–Crippen LogP) is 6.10. The Labute approximate surface area is 224 Å². The van der Waals surface area contributed by atoms with Crippen LogP contribution in [0.25, 0.3) is 0 Å². The molecule has 1 saturated heterocycles. The number of nitrogens with zero attached hydrogens (tertiary/aromatic N) is 4. The van der Waals surface area contributed by atoms with Gasteiger partial charge in [-0.1, -0.05) is 49.2 Å². The van der Waals surface area contributed by atoms with Gasteiger partial charge < -0.3 is 9.64 Å². The van der Waals surface area contributed by atoms with Crippen molar-refractivity contribution in [2.75, 3.05) is 18.0 Å². The highest BCUT2D eigenvalue weighted by Crippen LogP contribution is 2.32. The zero-order valence-corrected chi connectivity index (χ0v) is 22.8. The van der Waals surface area contributed by atoms with E-state index in [1.807, 2.05) is 49.9 Å². The number of ketones is 2. The second kappa shape index (κ2) is 11.7. The first-order chi connectivity index (χ1) is 17.2. The lowest BCUT2D eigenvalue weighted by atomic mass is 9.95. The summed E-state index contributed by atoms with van der Waals surface area (Å²) in [4.78, 5) is 40.0. The molecular formula is C26H28Cl2N4O3S. The van der Waals surface area contributed by atoms with Crippen LogP contribution in [0.2, 0.25) is 10.2 Å². The van der Waals surface area contributed by atoms with E-state index in [0.29, 0.717) is 52.2 Å². The molecule has 0 saturated carbocycles. The summed E-state index contributed by atoms with van der Waals surface area (Å²) in [6.07, 6.45) is 3.40. The number of aromatic nitrogens is 3. The van der Waals surface area contributed by atoms with Crippen LogP contribution in [0.15, 0.2) is 30.6 Å². The molecule has 0 radical (unpaired) electrons. The van der Waals surface area contributed by atoms with Gasteiger partial charge in [0.05, 0.1) is 23.5 Å². The number of rotatable bonds is 10. The first kappa shape index (κ1) is 26.5. The SMILES string of the molecule is CCC(=O)Cc1nc(C)c(C(=O)C[C@@H](C)c2ccc(O[C@@H]3CCN(c4ncnc(Cl)c4Cl)C3)cc2)s1. The fourth-order valence-electron chi connectivity index (χ4n) is 4.21. The number of benzene rings is 1. The van der Waals surface area contributed by atoms with Gasteiger partial charge in [-0.3, -0.25) is 9.59 Å². The van der Waals surface area contributed by atoms with Crippen molar-refractivity contribution < 1.29 is 14.3 Å². The maximum atomic E-state index is 12.9. The predicted molar refractivity (Wildman–Crippen MR) is 143 cm³/mol. The first-order valence-electron chi connectivity index (χ1n) is 11.9. The maximum Gasteiger partial charge on any atom is 0.175 e. The lowest BCUT2D eigenvalue weighted by Crippen LogP contribution is -2.25. The van der Waals surface area contributed by atoms with Gasteiger partial charge in [0.25, 0.3) is 0 Å². The molecule has 1 aliphatic heterocycles. The topological polar surface area (TPSA) is 85.3 Å². The molecule has 0 spiro atoms. The van der Waals surface area contributed by atoms with Crippen LogP contribution >= 0.6 is 34.5 Å². The van der Waals surface area contributed by atoms with Crippen LogP contribution in [0.1, 0.15) is 65.0 Å². The van der Waals surface area contributed by atoms with E-state index >= 15 is 0 Å². The average molecular weight is 548 g/mol. The van der Waals surface area contributed by atoms with Crippen molar-refractivity contribution in [1.82, 2.24) is 15.0 Å². The van der Waals surface area contributed by atoms with Gasteiger partial charge in [0.1, 0.15) is 34.0 Å². The zero-order chi connectivity index (χ0) is 25.8. The average Bonchev–Trinajstić information content (AvgIpc) is 3.47. The molecule has 0 bridgehead atoms. The lowest BCUT2D eigenvalue weighted by Gasteiger charge is -2.19. The molecule has 0 amide bonds. The zero-order valence-electron chi connectivity index (χ0n) is 20.5. The largest absolute Gasteiger partial charge is 0.489 e. The lowest BCUT2D eigenvalue weighted by molar-refractivity contribution is -0.118. The van der Waals surface area contributed by atoms with Gasteiger partial charge in [-0.05, 0) is 30.5 Å². The molecule has 3 heterocycles. The molecule has 4 rings (SSSR count). The normalized spacial score (nSPS) is 16.2. The van der Waals surface area contributed by atoms with E-state index in [2.05, 4.69) is 15.0 Å². The van der Waals surface area contributed by atoms with E-state index in [-0.39, 0.29) is 28.7 Å². The van der Waals surface area contributed by atoms with Crippen molar-refractivity contribution in [2.45, 2.75) is 58.5 Å². The monoisotopic (exact) mass is 546 g/mol. The summed E-state index contributed by atoms with van der Waals surface area (Å²) in [6.45, 7) is 7.12. The van der Waals surface area contributed by atoms with Crippen LogP contribution in [-0.4, -0.2) is 45.7 Å². The Morgan fingerprint density at radius 3 is 2.69 bits per heavy atom. The standard InChI is InChI=1S/C26H28Cl2N4O3S/c1-4-18(33)12-22-31-16(3)24(36-22)21(34)11-15(2)17-5-7-19(8-6-17)35-20-9-10-32(13-20)26-23(27)25(28)29-14-30-26/h5-8,14-15,20H,4,9-13H2,1-3H3/t15-,20-/m1/s1. The number of anilines is 1. The fraction of sp³-hybridized carbons (Fsp3) is 0.423. The molecule has 2 aromatic heterocycles. The van der Waals surface area contributed by atoms with Crippen LogP contribution in [0.5, 0.6) is 5.75 Å². The van der Waals surface area contributed by atoms with E-state index in [1.165, 1.54) is 17.7 Å². The third kappa shape index (κ3) is 6.22. The maximum absolute atomic E-state index is 12.9. The summed E-state index contributed by atoms with van der Waals surface area (Å²) in [7, 11) is 0. The van der Waals surface area contributed by atoms with Crippen LogP contribution in [0.3, 0.4) is 0 Å². The van der Waals surface area contributed by atoms with Crippen LogP contribution in [0.4, 0.5) is 5.82 Å². The van der Waals surface area contributed by atoms with Gasteiger partial charge in [0, 0.05) is 25.8 Å². The van der Waals surface area contributed by atoms with Crippen molar-refractivity contribution in [1.29, 1.82) is 0 Å². The molecule has 1 fully saturated rings. The Morgan fingerprint density at radius 2 is 1.97 bits per heavy atom. The van der Waals surface area contributed by atoms with Crippen LogP contribution in [-0.2, 0) is 11.2 Å². The minimum Gasteiger partial charge on any atom is -0.489 e. The fourth-order valence-corrected chi connectivity index (χ4v) is 5.60. The number of carbonyl (C=O) groups is 2. The molecular weight excluding hydrogens is 519 g/mol. The van der Waals surface area contributed by atoms with Gasteiger partial charge in [-0.2, -0.15) is 0 Å². The van der Waals surface area contributed by atoms with Gasteiger partial charge in [-0.25, -0.2) is 15.0 Å². The quantitative estimate of drug-likeness (QED) is 0.224. The Hall–Kier alpha value is -2.55. The number of thiazole rings is 1. The minimum atomic E-state index is 0.00254. The van der Waals surface area contributed by atoms with E-state index in [1.54, 1.807) is 0 Å². The molecule has 1 aliphatic rings. The van der Waals surface area contributed by atoms with Crippen molar-refractivity contribution in [3.63, 3.8) is 0 Å². The van der Waals surface area contributed by atoms with Crippen molar-refractivity contribution in [2.24, 2.45) is 0 Å². The first-order valence-corrected chi connectivity index (χ1v) is 13.5. The second-order valence-electron chi connectivity index (χ2n) is 8.97.